The minimum atomic E-state index is -1.10. The Kier molecular flexibility index (Phi) is 4.69. The number of hydrogen-bond donors (Lipinski definition) is 2. The summed E-state index contributed by atoms with van der Waals surface area (Å²) in [6, 6.07) is 9.21. The Balaban J connectivity index is 1.45. The number of rotatable bonds is 6. The van der Waals surface area contributed by atoms with Crippen LogP contribution >= 0.6 is 0 Å². The molecule has 2 N–H and O–H groups in total. The number of aliphatic hydroxyl groups is 1. The summed E-state index contributed by atoms with van der Waals surface area (Å²) in [4.78, 5) is 22.1. The third-order valence-electron chi connectivity index (χ3n) is 4.05. The van der Waals surface area contributed by atoms with E-state index in [0.717, 1.165) is 5.56 Å². The van der Waals surface area contributed by atoms with Gasteiger partial charge in [0.1, 0.15) is 24.1 Å². The van der Waals surface area contributed by atoms with Crippen molar-refractivity contribution in [2.45, 2.75) is 26.0 Å². The molecule has 0 aliphatic heterocycles. The molecule has 4 aromatic rings. The first-order valence-electron chi connectivity index (χ1n) is 8.78. The molecule has 0 unspecified atom stereocenters. The highest BCUT2D eigenvalue weighted by Gasteiger charge is 2.22. The monoisotopic (exact) mass is 394 g/mol. The summed E-state index contributed by atoms with van der Waals surface area (Å²) in [5.74, 6) is 0.476. The van der Waals surface area contributed by atoms with Crippen molar-refractivity contribution in [1.29, 1.82) is 0 Å². The van der Waals surface area contributed by atoms with Crippen LogP contribution in [0.1, 0.15) is 35.9 Å². The molecule has 1 aromatic carbocycles. The lowest BCUT2D eigenvalue weighted by atomic mass is 10.1. The van der Waals surface area contributed by atoms with E-state index >= 15 is 0 Å². The second kappa shape index (κ2) is 7.32. The number of anilines is 1. The molecule has 148 valence electrons. The molecule has 10 nitrogen and oxygen atoms in total. The van der Waals surface area contributed by atoms with E-state index in [1.165, 1.54) is 23.7 Å². The second-order valence-electron chi connectivity index (χ2n) is 6.80. The summed E-state index contributed by atoms with van der Waals surface area (Å²) in [6.45, 7) is 3.37. The highest BCUT2D eigenvalue weighted by molar-refractivity contribution is 6.05. The van der Waals surface area contributed by atoms with Gasteiger partial charge in [0.25, 0.3) is 5.91 Å². The van der Waals surface area contributed by atoms with Crippen LogP contribution in [-0.4, -0.2) is 36.0 Å². The quantitative estimate of drug-likeness (QED) is 0.510. The molecule has 4 rings (SSSR count). The van der Waals surface area contributed by atoms with Crippen LogP contribution in [0.25, 0.3) is 11.3 Å². The van der Waals surface area contributed by atoms with Crippen molar-refractivity contribution in [3.8, 4) is 11.3 Å². The minimum absolute atomic E-state index is 0.144. The van der Waals surface area contributed by atoms with Gasteiger partial charge in [0.15, 0.2) is 23.7 Å². The number of nitrogens with zero attached hydrogens (tertiary/aromatic N) is 5. The Bertz CT molecular complexity index is 1120. The molecule has 0 bridgehead atoms. The lowest BCUT2D eigenvalue weighted by Crippen LogP contribution is -2.16. The number of benzene rings is 1. The molecule has 0 fully saturated rings. The van der Waals surface area contributed by atoms with Crippen molar-refractivity contribution in [2.75, 3.05) is 5.32 Å². The van der Waals surface area contributed by atoms with Crippen LogP contribution in [0.5, 0.6) is 0 Å². The fourth-order valence-electron chi connectivity index (χ4n) is 2.59. The number of amides is 1. The molecule has 0 saturated heterocycles. The van der Waals surface area contributed by atoms with Crippen LogP contribution in [0, 0.1) is 0 Å². The average molecular weight is 394 g/mol. The van der Waals surface area contributed by atoms with Gasteiger partial charge in [-0.3, -0.25) is 4.79 Å². The van der Waals surface area contributed by atoms with Crippen LogP contribution in [-0.2, 0) is 12.1 Å². The fraction of sp³-hybridized carbons (Fsp3) is 0.211. The Morgan fingerprint density at radius 1 is 1.24 bits per heavy atom. The first-order chi connectivity index (χ1) is 13.9. The molecule has 0 radical (unpaired) electrons. The molecular weight excluding hydrogens is 376 g/mol. The molecular formula is C19H18N6O4. The molecule has 0 aliphatic carbocycles. The highest BCUT2D eigenvalue weighted by atomic mass is 16.3. The average Bonchev–Trinajstić information content (AvgIpc) is 3.42. The van der Waals surface area contributed by atoms with Crippen molar-refractivity contribution in [3.05, 3.63) is 66.5 Å². The van der Waals surface area contributed by atoms with E-state index in [1.54, 1.807) is 13.8 Å². The topological polar surface area (TPSA) is 132 Å². The van der Waals surface area contributed by atoms with Gasteiger partial charge >= 0.3 is 0 Å². The number of carbonyl (C=O) groups excluding carboxylic acids is 1. The van der Waals surface area contributed by atoms with E-state index in [9.17, 15) is 9.90 Å². The normalized spacial score (nSPS) is 11.6. The predicted octanol–water partition coefficient (Wildman–Crippen LogP) is 2.45. The smallest absolute Gasteiger partial charge is 0.279 e. The third kappa shape index (κ3) is 4.06. The maximum Gasteiger partial charge on any atom is 0.279 e. The Morgan fingerprint density at radius 2 is 2.03 bits per heavy atom. The largest absolute Gasteiger partial charge is 0.446 e. The summed E-state index contributed by atoms with van der Waals surface area (Å²) < 4.78 is 10.7. The molecule has 0 atom stereocenters. The first kappa shape index (κ1) is 18.6. The van der Waals surface area contributed by atoms with Gasteiger partial charge in [0.05, 0.1) is 6.20 Å². The molecule has 3 heterocycles. The van der Waals surface area contributed by atoms with Gasteiger partial charge in [-0.05, 0) is 13.8 Å². The number of carbonyl (C=O) groups is 1. The zero-order chi connectivity index (χ0) is 20.4. The summed E-state index contributed by atoms with van der Waals surface area (Å²) in [6.07, 6.45) is 4.01. The second-order valence-corrected chi connectivity index (χ2v) is 6.80. The predicted molar refractivity (Wildman–Crippen MR) is 101 cm³/mol. The molecule has 0 aliphatic rings. The molecule has 0 spiro atoms. The number of aromatic nitrogens is 5. The van der Waals surface area contributed by atoms with Crippen molar-refractivity contribution >= 4 is 11.7 Å². The van der Waals surface area contributed by atoms with Gasteiger partial charge < -0.3 is 19.3 Å². The Labute approximate surface area is 165 Å². The van der Waals surface area contributed by atoms with Crippen LogP contribution in [0.2, 0.25) is 0 Å². The zero-order valence-electron chi connectivity index (χ0n) is 15.7. The van der Waals surface area contributed by atoms with E-state index in [4.69, 9.17) is 8.83 Å². The lowest BCUT2D eigenvalue weighted by Gasteiger charge is -2.11. The minimum Gasteiger partial charge on any atom is -0.446 e. The Morgan fingerprint density at radius 3 is 2.76 bits per heavy atom. The highest BCUT2D eigenvalue weighted by Crippen LogP contribution is 2.23. The standard InChI is InChI=1S/C19H18N6O4/c1-19(2,27)13-10-28-15(22-13)9-25-21-8-14(24-25)23-18(26)16-17(29-11-20-16)12-6-4-3-5-7-12/h3-8,10-11,27H,9H2,1-2H3,(H,23,24,26). The van der Waals surface area contributed by atoms with Gasteiger partial charge in [0, 0.05) is 5.56 Å². The van der Waals surface area contributed by atoms with E-state index in [1.807, 2.05) is 30.3 Å². The molecule has 0 saturated carbocycles. The van der Waals surface area contributed by atoms with Crippen molar-refractivity contribution in [1.82, 2.24) is 25.0 Å². The number of nitrogens with one attached hydrogen (secondary N) is 1. The summed E-state index contributed by atoms with van der Waals surface area (Å²) in [5, 5.41) is 20.9. The maximum atomic E-state index is 12.6. The van der Waals surface area contributed by atoms with E-state index in [-0.39, 0.29) is 18.1 Å². The molecule has 29 heavy (non-hydrogen) atoms. The fourth-order valence-corrected chi connectivity index (χ4v) is 2.59. The molecule has 3 aromatic heterocycles. The number of oxazole rings is 2. The maximum absolute atomic E-state index is 12.6. The summed E-state index contributed by atoms with van der Waals surface area (Å²) >= 11 is 0. The van der Waals surface area contributed by atoms with Crippen LogP contribution in [0.15, 0.2) is 58.0 Å². The zero-order valence-corrected chi connectivity index (χ0v) is 15.7. The molecule has 1 amide bonds. The van der Waals surface area contributed by atoms with Crippen molar-refractivity contribution < 1.29 is 18.7 Å². The number of hydrogen-bond acceptors (Lipinski definition) is 8. The van der Waals surface area contributed by atoms with E-state index in [0.29, 0.717) is 17.3 Å². The molecule has 10 heteroatoms. The van der Waals surface area contributed by atoms with Gasteiger partial charge in [0.2, 0.25) is 5.89 Å². The van der Waals surface area contributed by atoms with Crippen LogP contribution < -0.4 is 5.32 Å². The SMILES string of the molecule is CC(C)(O)c1coc(Cn2ncc(NC(=O)c3ncoc3-c3ccccc3)n2)n1. The van der Waals surface area contributed by atoms with Crippen LogP contribution in [0.4, 0.5) is 5.82 Å². The van der Waals surface area contributed by atoms with Gasteiger partial charge in [-0.1, -0.05) is 30.3 Å². The van der Waals surface area contributed by atoms with Gasteiger partial charge in [-0.15, -0.1) is 5.10 Å². The van der Waals surface area contributed by atoms with Gasteiger partial charge in [-0.2, -0.15) is 9.90 Å². The van der Waals surface area contributed by atoms with Gasteiger partial charge in [-0.25, -0.2) is 9.97 Å². The first-order valence-corrected chi connectivity index (χ1v) is 8.78. The third-order valence-corrected chi connectivity index (χ3v) is 4.05. The lowest BCUT2D eigenvalue weighted by molar-refractivity contribution is 0.0737. The Hall–Kier alpha value is -3.79. The van der Waals surface area contributed by atoms with E-state index in [2.05, 4.69) is 25.5 Å². The van der Waals surface area contributed by atoms with Crippen molar-refractivity contribution in [3.63, 3.8) is 0 Å². The summed E-state index contributed by atoms with van der Waals surface area (Å²) in [7, 11) is 0. The van der Waals surface area contributed by atoms with Crippen LogP contribution in [0.3, 0.4) is 0 Å². The van der Waals surface area contributed by atoms with E-state index < -0.39 is 11.5 Å². The van der Waals surface area contributed by atoms with Crippen molar-refractivity contribution in [2.24, 2.45) is 0 Å². The summed E-state index contributed by atoms with van der Waals surface area (Å²) in [5.41, 5.74) is 0.193.